The standard InChI is InChI=1S/C9H19O4P/c1-6-9(7-2,8(3)10)14(11,12-4)13-5/h6-7H2,1-5H3. The third-order valence-electron chi connectivity index (χ3n) is 2.83. The number of carbonyl (C=O) groups excluding carboxylic acids is 1. The van der Waals surface area contributed by atoms with E-state index in [2.05, 4.69) is 0 Å². The van der Waals surface area contributed by atoms with E-state index in [1.54, 1.807) is 0 Å². The lowest BCUT2D eigenvalue weighted by Crippen LogP contribution is -2.36. The average molecular weight is 222 g/mol. The predicted molar refractivity (Wildman–Crippen MR) is 55.6 cm³/mol. The molecule has 84 valence electrons. The summed E-state index contributed by atoms with van der Waals surface area (Å²) in [5, 5.41) is -0.990. The number of rotatable bonds is 6. The number of hydrogen-bond donors (Lipinski definition) is 0. The highest BCUT2D eigenvalue weighted by Crippen LogP contribution is 2.62. The van der Waals surface area contributed by atoms with Crippen LogP contribution in [-0.4, -0.2) is 25.2 Å². The Bertz CT molecular complexity index is 237. The van der Waals surface area contributed by atoms with Crippen LogP contribution in [0.3, 0.4) is 0 Å². The van der Waals surface area contributed by atoms with E-state index in [0.717, 1.165) is 0 Å². The molecule has 0 amide bonds. The Morgan fingerprint density at radius 3 is 1.64 bits per heavy atom. The van der Waals surface area contributed by atoms with Crippen LogP contribution >= 0.6 is 7.60 Å². The summed E-state index contributed by atoms with van der Waals surface area (Å²) in [6.45, 7) is 5.06. The fraction of sp³-hybridized carbons (Fsp3) is 0.889. The molecule has 0 N–H and O–H groups in total. The van der Waals surface area contributed by atoms with Crippen molar-refractivity contribution in [1.82, 2.24) is 0 Å². The first-order valence-electron chi connectivity index (χ1n) is 4.66. The van der Waals surface area contributed by atoms with Gasteiger partial charge in [-0.1, -0.05) is 13.8 Å². The second-order valence-electron chi connectivity index (χ2n) is 3.16. The quantitative estimate of drug-likeness (QED) is 0.648. The second-order valence-corrected chi connectivity index (χ2v) is 5.74. The van der Waals surface area contributed by atoms with E-state index < -0.39 is 12.8 Å². The van der Waals surface area contributed by atoms with Crippen LogP contribution in [0.1, 0.15) is 33.6 Å². The number of hydrogen-bond acceptors (Lipinski definition) is 4. The first kappa shape index (κ1) is 13.8. The zero-order valence-electron chi connectivity index (χ0n) is 9.49. The molecule has 0 aromatic carbocycles. The minimum Gasteiger partial charge on any atom is -0.311 e. The lowest BCUT2D eigenvalue weighted by Gasteiger charge is -2.33. The summed E-state index contributed by atoms with van der Waals surface area (Å²) in [5.41, 5.74) is 0. The topological polar surface area (TPSA) is 52.6 Å². The van der Waals surface area contributed by atoms with Gasteiger partial charge in [0.1, 0.15) is 10.9 Å². The summed E-state index contributed by atoms with van der Waals surface area (Å²) in [4.78, 5) is 11.6. The molecule has 0 saturated heterocycles. The van der Waals surface area contributed by atoms with Crippen molar-refractivity contribution in [3.05, 3.63) is 0 Å². The molecule has 0 aromatic heterocycles. The van der Waals surface area contributed by atoms with E-state index in [1.807, 2.05) is 13.8 Å². The van der Waals surface area contributed by atoms with Crippen LogP contribution < -0.4 is 0 Å². The maximum atomic E-state index is 12.2. The van der Waals surface area contributed by atoms with Gasteiger partial charge < -0.3 is 9.05 Å². The van der Waals surface area contributed by atoms with Crippen LogP contribution in [0.25, 0.3) is 0 Å². The minimum absolute atomic E-state index is 0.144. The van der Waals surface area contributed by atoms with Gasteiger partial charge >= 0.3 is 7.60 Å². The Kier molecular flexibility index (Phi) is 4.99. The SMILES string of the molecule is CCC(CC)(C(C)=O)P(=O)(OC)OC. The van der Waals surface area contributed by atoms with Crippen LogP contribution in [0.5, 0.6) is 0 Å². The van der Waals surface area contributed by atoms with Crippen molar-refractivity contribution in [2.75, 3.05) is 14.2 Å². The van der Waals surface area contributed by atoms with Gasteiger partial charge in [0, 0.05) is 14.2 Å². The van der Waals surface area contributed by atoms with Gasteiger partial charge in [-0.3, -0.25) is 9.36 Å². The molecule has 0 spiro atoms. The lowest BCUT2D eigenvalue weighted by molar-refractivity contribution is -0.120. The molecule has 0 atom stereocenters. The maximum Gasteiger partial charge on any atom is 0.343 e. The summed E-state index contributed by atoms with van der Waals surface area (Å²) in [6, 6.07) is 0. The summed E-state index contributed by atoms with van der Waals surface area (Å²) in [5.74, 6) is -0.144. The van der Waals surface area contributed by atoms with E-state index in [9.17, 15) is 9.36 Å². The highest BCUT2D eigenvalue weighted by molar-refractivity contribution is 7.56. The van der Waals surface area contributed by atoms with Crippen molar-refractivity contribution in [3.63, 3.8) is 0 Å². The molecule has 0 aliphatic carbocycles. The molecule has 0 aliphatic heterocycles. The first-order chi connectivity index (χ1) is 6.44. The van der Waals surface area contributed by atoms with E-state index in [-0.39, 0.29) is 5.78 Å². The van der Waals surface area contributed by atoms with Crippen molar-refractivity contribution >= 4 is 13.4 Å². The van der Waals surface area contributed by atoms with Crippen LogP contribution in [0.15, 0.2) is 0 Å². The molecule has 14 heavy (non-hydrogen) atoms. The average Bonchev–Trinajstić information content (AvgIpc) is 2.19. The Morgan fingerprint density at radius 2 is 1.57 bits per heavy atom. The van der Waals surface area contributed by atoms with Crippen molar-refractivity contribution in [2.45, 2.75) is 38.8 Å². The largest absolute Gasteiger partial charge is 0.343 e. The van der Waals surface area contributed by atoms with Gasteiger partial charge in [0.25, 0.3) is 0 Å². The summed E-state index contributed by atoms with van der Waals surface area (Å²) in [6.07, 6.45) is 0.912. The molecule has 0 heterocycles. The normalized spacial score (nSPS) is 12.9. The first-order valence-corrected chi connectivity index (χ1v) is 6.21. The molecule has 0 unspecified atom stereocenters. The predicted octanol–water partition coefficient (Wildman–Crippen LogP) is 2.62. The fourth-order valence-corrected chi connectivity index (χ4v) is 3.76. The van der Waals surface area contributed by atoms with Gasteiger partial charge in [-0.2, -0.15) is 0 Å². The summed E-state index contributed by atoms with van der Waals surface area (Å²) in [7, 11) is -0.702. The van der Waals surface area contributed by atoms with Crippen LogP contribution in [0.4, 0.5) is 0 Å². The van der Waals surface area contributed by atoms with Crippen LogP contribution in [0, 0.1) is 0 Å². The van der Waals surface area contributed by atoms with Gasteiger partial charge in [0.15, 0.2) is 0 Å². The summed E-state index contributed by atoms with van der Waals surface area (Å²) < 4.78 is 22.0. The monoisotopic (exact) mass is 222 g/mol. The third-order valence-corrected chi connectivity index (χ3v) is 5.79. The molecular formula is C9H19O4P. The molecule has 5 heteroatoms. The third kappa shape index (κ3) is 1.92. The maximum absolute atomic E-state index is 12.2. The zero-order valence-corrected chi connectivity index (χ0v) is 10.4. The Morgan fingerprint density at radius 1 is 1.21 bits per heavy atom. The molecule has 0 rings (SSSR count). The number of Topliss-reactive ketones (excluding diaryl/α,β-unsaturated/α-hetero) is 1. The van der Waals surface area contributed by atoms with E-state index in [0.29, 0.717) is 12.8 Å². The molecular weight excluding hydrogens is 203 g/mol. The molecule has 0 bridgehead atoms. The second kappa shape index (κ2) is 5.06. The van der Waals surface area contributed by atoms with E-state index in [1.165, 1.54) is 21.1 Å². The van der Waals surface area contributed by atoms with Crippen molar-refractivity contribution in [2.24, 2.45) is 0 Å². The van der Waals surface area contributed by atoms with Crippen molar-refractivity contribution in [3.8, 4) is 0 Å². The van der Waals surface area contributed by atoms with Crippen molar-refractivity contribution < 1.29 is 18.4 Å². The fourth-order valence-electron chi connectivity index (χ4n) is 1.75. The highest BCUT2D eigenvalue weighted by Gasteiger charge is 2.51. The lowest BCUT2D eigenvalue weighted by atomic mass is 9.98. The highest BCUT2D eigenvalue weighted by atomic mass is 31.2. The zero-order chi connectivity index (χ0) is 11.4. The van der Waals surface area contributed by atoms with Crippen LogP contribution in [-0.2, 0) is 18.4 Å². The minimum atomic E-state index is -3.33. The van der Waals surface area contributed by atoms with Gasteiger partial charge in [-0.15, -0.1) is 0 Å². The van der Waals surface area contributed by atoms with Gasteiger partial charge in [0.05, 0.1) is 0 Å². The van der Waals surface area contributed by atoms with Gasteiger partial charge in [-0.05, 0) is 19.8 Å². The number of carbonyl (C=O) groups is 1. The molecule has 0 fully saturated rings. The van der Waals surface area contributed by atoms with E-state index >= 15 is 0 Å². The Hall–Kier alpha value is -0.180. The summed E-state index contributed by atoms with van der Waals surface area (Å²) >= 11 is 0. The van der Waals surface area contributed by atoms with Crippen LogP contribution in [0.2, 0.25) is 0 Å². The molecule has 0 radical (unpaired) electrons. The Balaban J connectivity index is 5.37. The smallest absolute Gasteiger partial charge is 0.311 e. The molecule has 4 nitrogen and oxygen atoms in total. The van der Waals surface area contributed by atoms with E-state index in [4.69, 9.17) is 9.05 Å². The number of ketones is 1. The molecule has 0 aliphatic rings. The molecule has 0 saturated carbocycles. The van der Waals surface area contributed by atoms with Gasteiger partial charge in [-0.25, -0.2) is 0 Å². The molecule has 0 aromatic rings. The van der Waals surface area contributed by atoms with Crippen molar-refractivity contribution in [1.29, 1.82) is 0 Å². The Labute approximate surface area is 85.5 Å². The van der Waals surface area contributed by atoms with Gasteiger partial charge in [0.2, 0.25) is 0 Å².